The van der Waals surface area contributed by atoms with Crippen molar-refractivity contribution in [1.29, 1.82) is 0 Å². The van der Waals surface area contributed by atoms with E-state index in [2.05, 4.69) is 10.1 Å². The van der Waals surface area contributed by atoms with Crippen molar-refractivity contribution in [3.63, 3.8) is 0 Å². The lowest BCUT2D eigenvalue weighted by atomic mass is 10.2. The molecule has 0 bridgehead atoms. The summed E-state index contributed by atoms with van der Waals surface area (Å²) in [7, 11) is 0. The second-order valence-electron chi connectivity index (χ2n) is 2.86. The Bertz CT molecular complexity index is 448. The van der Waals surface area contributed by atoms with Crippen LogP contribution in [0.3, 0.4) is 0 Å². The maximum absolute atomic E-state index is 12.8. The third-order valence-electron chi connectivity index (χ3n) is 1.87. The Morgan fingerprint density at radius 2 is 2.27 bits per heavy atom. The molecule has 1 aliphatic heterocycles. The minimum absolute atomic E-state index is 0.0451. The van der Waals surface area contributed by atoms with E-state index in [-0.39, 0.29) is 17.1 Å². The Labute approximate surface area is 82.8 Å². The second kappa shape index (κ2) is 3.19. The zero-order chi connectivity index (χ0) is 11.0. The molecule has 0 spiro atoms. The van der Waals surface area contributed by atoms with E-state index >= 15 is 0 Å². The zero-order valence-corrected chi connectivity index (χ0v) is 7.27. The number of nitro benzene ring substituents is 1. The molecule has 0 fully saturated rings. The van der Waals surface area contributed by atoms with Gasteiger partial charge >= 0.3 is 6.36 Å². The van der Waals surface area contributed by atoms with Crippen molar-refractivity contribution in [3.8, 4) is 5.75 Å². The van der Waals surface area contributed by atoms with Crippen molar-refractivity contribution in [2.45, 2.75) is 6.36 Å². The Balaban J connectivity index is 2.41. The number of nitro groups is 1. The van der Waals surface area contributed by atoms with E-state index in [0.29, 0.717) is 0 Å². The standard InChI is InChI=1S/C8H5FN2O4/c9-7-8(12)10-5-2-1-4(11(13)14)3-6(5)15-7/h1-3,7H,(H,10,12). The highest BCUT2D eigenvalue weighted by atomic mass is 19.1. The lowest BCUT2D eigenvalue weighted by Crippen LogP contribution is -2.33. The first kappa shape index (κ1) is 9.38. The van der Waals surface area contributed by atoms with Crippen LogP contribution >= 0.6 is 0 Å². The number of nitrogens with one attached hydrogen (secondary N) is 1. The fourth-order valence-electron chi connectivity index (χ4n) is 1.18. The normalized spacial score (nSPS) is 18.7. The lowest BCUT2D eigenvalue weighted by molar-refractivity contribution is -0.384. The Hall–Kier alpha value is -2.18. The summed E-state index contributed by atoms with van der Waals surface area (Å²) in [5, 5.41) is 12.6. The number of halogens is 1. The van der Waals surface area contributed by atoms with Gasteiger partial charge in [-0.3, -0.25) is 14.9 Å². The Kier molecular flexibility index (Phi) is 2.00. The molecule has 0 aromatic heterocycles. The van der Waals surface area contributed by atoms with Crippen LogP contribution in [0, 0.1) is 10.1 Å². The lowest BCUT2D eigenvalue weighted by Gasteiger charge is -2.20. The number of alkyl halides is 1. The molecule has 1 amide bonds. The number of fused-ring (bicyclic) bond motifs is 1. The van der Waals surface area contributed by atoms with Crippen molar-refractivity contribution in [2.24, 2.45) is 0 Å². The summed E-state index contributed by atoms with van der Waals surface area (Å²) in [5.41, 5.74) is -0.00315. The largest absolute Gasteiger partial charge is 0.449 e. The fourth-order valence-corrected chi connectivity index (χ4v) is 1.18. The van der Waals surface area contributed by atoms with Crippen LogP contribution in [-0.2, 0) is 4.79 Å². The third-order valence-corrected chi connectivity index (χ3v) is 1.87. The first-order valence-electron chi connectivity index (χ1n) is 3.98. The van der Waals surface area contributed by atoms with Crippen molar-refractivity contribution < 1.29 is 18.8 Å². The first-order valence-corrected chi connectivity index (χ1v) is 3.98. The van der Waals surface area contributed by atoms with E-state index in [0.717, 1.165) is 6.07 Å². The van der Waals surface area contributed by atoms with Gasteiger partial charge in [0.05, 0.1) is 16.7 Å². The van der Waals surface area contributed by atoms with Gasteiger partial charge in [0.25, 0.3) is 11.6 Å². The van der Waals surface area contributed by atoms with Crippen molar-refractivity contribution in [2.75, 3.05) is 5.32 Å². The quantitative estimate of drug-likeness (QED) is 0.560. The maximum Gasteiger partial charge on any atom is 0.317 e. The van der Waals surface area contributed by atoms with Gasteiger partial charge in [-0.15, -0.1) is 0 Å². The molecular weight excluding hydrogens is 207 g/mol. The smallest absolute Gasteiger partial charge is 0.317 e. The molecule has 1 aromatic carbocycles. The van der Waals surface area contributed by atoms with Crippen molar-refractivity contribution in [1.82, 2.24) is 0 Å². The summed E-state index contributed by atoms with van der Waals surface area (Å²) in [6.45, 7) is 0. The maximum atomic E-state index is 12.8. The van der Waals surface area contributed by atoms with Gasteiger partial charge in [-0.1, -0.05) is 0 Å². The average Bonchev–Trinajstić information content (AvgIpc) is 2.19. The van der Waals surface area contributed by atoms with E-state index in [1.165, 1.54) is 12.1 Å². The number of benzene rings is 1. The molecule has 1 aromatic rings. The van der Waals surface area contributed by atoms with E-state index in [1.54, 1.807) is 0 Å². The summed E-state index contributed by atoms with van der Waals surface area (Å²) < 4.78 is 17.3. The topological polar surface area (TPSA) is 81.5 Å². The molecule has 1 heterocycles. The minimum atomic E-state index is -2.13. The number of hydrogen-bond acceptors (Lipinski definition) is 4. The molecule has 15 heavy (non-hydrogen) atoms. The monoisotopic (exact) mass is 212 g/mol. The molecule has 78 valence electrons. The van der Waals surface area contributed by atoms with Crippen molar-refractivity contribution >= 4 is 17.3 Å². The SMILES string of the molecule is O=C1Nc2ccc([N+](=O)[O-])cc2OC1F. The third kappa shape index (κ3) is 1.58. The van der Waals surface area contributed by atoms with Gasteiger partial charge in [-0.05, 0) is 6.07 Å². The Morgan fingerprint density at radius 3 is 2.93 bits per heavy atom. The number of rotatable bonds is 1. The minimum Gasteiger partial charge on any atom is -0.449 e. The van der Waals surface area contributed by atoms with E-state index in [4.69, 9.17) is 0 Å². The predicted octanol–water partition coefficient (Wildman–Crippen LogP) is 1.22. The number of ether oxygens (including phenoxy) is 1. The van der Waals surface area contributed by atoms with Crippen LogP contribution < -0.4 is 10.1 Å². The number of amides is 1. The molecule has 1 N–H and O–H groups in total. The highest BCUT2D eigenvalue weighted by Gasteiger charge is 2.28. The summed E-state index contributed by atoms with van der Waals surface area (Å²) in [5.74, 6) is -0.965. The number of nitrogens with zero attached hydrogens (tertiary/aromatic N) is 1. The van der Waals surface area contributed by atoms with Crippen LogP contribution in [0.15, 0.2) is 18.2 Å². The molecule has 0 radical (unpaired) electrons. The Morgan fingerprint density at radius 1 is 1.53 bits per heavy atom. The number of non-ortho nitro benzene ring substituents is 1. The van der Waals surface area contributed by atoms with Crippen LogP contribution in [0.4, 0.5) is 15.8 Å². The van der Waals surface area contributed by atoms with Crippen LogP contribution in [0.5, 0.6) is 5.75 Å². The van der Waals surface area contributed by atoms with Gasteiger partial charge in [0.15, 0.2) is 5.75 Å². The van der Waals surface area contributed by atoms with E-state index in [1.807, 2.05) is 0 Å². The second-order valence-corrected chi connectivity index (χ2v) is 2.86. The molecule has 7 heteroatoms. The van der Waals surface area contributed by atoms with Crippen LogP contribution in [0.1, 0.15) is 0 Å². The molecule has 1 atom stereocenters. The fraction of sp³-hybridized carbons (Fsp3) is 0.125. The van der Waals surface area contributed by atoms with Crippen molar-refractivity contribution in [3.05, 3.63) is 28.3 Å². The van der Waals surface area contributed by atoms with Gasteiger partial charge in [-0.2, -0.15) is 4.39 Å². The van der Waals surface area contributed by atoms with E-state index < -0.39 is 17.2 Å². The molecule has 6 nitrogen and oxygen atoms in total. The summed E-state index contributed by atoms with van der Waals surface area (Å²) in [6, 6.07) is 3.54. The number of carbonyl (C=O) groups is 1. The highest BCUT2D eigenvalue weighted by molar-refractivity contribution is 5.96. The predicted molar refractivity (Wildman–Crippen MR) is 47.3 cm³/mol. The van der Waals surface area contributed by atoms with Gasteiger partial charge in [0, 0.05) is 6.07 Å². The van der Waals surface area contributed by atoms with Crippen LogP contribution in [0.2, 0.25) is 0 Å². The molecule has 0 aliphatic carbocycles. The van der Waals surface area contributed by atoms with Gasteiger partial charge in [0.2, 0.25) is 0 Å². The summed E-state index contributed by atoms with van der Waals surface area (Å²) >= 11 is 0. The number of anilines is 1. The van der Waals surface area contributed by atoms with Gasteiger partial charge in [0.1, 0.15) is 0 Å². The first-order chi connectivity index (χ1) is 7.08. The molecule has 2 rings (SSSR count). The molecule has 1 aliphatic rings. The van der Waals surface area contributed by atoms with Gasteiger partial charge in [-0.25, -0.2) is 0 Å². The average molecular weight is 212 g/mol. The number of carbonyl (C=O) groups excluding carboxylic acids is 1. The molecule has 0 saturated carbocycles. The zero-order valence-electron chi connectivity index (χ0n) is 7.27. The summed E-state index contributed by atoms with van der Waals surface area (Å²) in [6.07, 6.45) is -2.13. The van der Waals surface area contributed by atoms with E-state index in [9.17, 15) is 19.3 Å². The van der Waals surface area contributed by atoms with Crippen LogP contribution in [0.25, 0.3) is 0 Å². The molecule has 1 unspecified atom stereocenters. The molecule has 0 saturated heterocycles. The van der Waals surface area contributed by atoms with Crippen LogP contribution in [-0.4, -0.2) is 17.2 Å². The number of hydrogen-bond donors (Lipinski definition) is 1. The summed E-state index contributed by atoms with van der Waals surface area (Å²) in [4.78, 5) is 20.6. The highest BCUT2D eigenvalue weighted by Crippen LogP contribution is 2.33. The van der Waals surface area contributed by atoms with Gasteiger partial charge < -0.3 is 10.1 Å². The molecular formula is C8H5FN2O4.